The highest BCUT2D eigenvalue weighted by Crippen LogP contribution is 2.09. The van der Waals surface area contributed by atoms with Crippen molar-refractivity contribution in [3.05, 3.63) is 0 Å². The summed E-state index contributed by atoms with van der Waals surface area (Å²) >= 11 is 0. The first-order valence-electron chi connectivity index (χ1n) is 4.92. The van der Waals surface area contributed by atoms with Crippen molar-refractivity contribution in [2.45, 2.75) is 52.1 Å². The van der Waals surface area contributed by atoms with E-state index in [4.69, 9.17) is 5.73 Å². The molecule has 74 valence electrons. The Kier molecular flexibility index (Phi) is 4.80. The first-order valence-corrected chi connectivity index (χ1v) is 4.92. The first-order chi connectivity index (χ1) is 5.43. The zero-order valence-corrected chi connectivity index (χ0v) is 9.22. The molecule has 0 saturated heterocycles. The van der Waals surface area contributed by atoms with Crippen LogP contribution in [0.25, 0.3) is 0 Å². The molecule has 0 spiro atoms. The fourth-order valence-electron chi connectivity index (χ4n) is 1.15. The van der Waals surface area contributed by atoms with Crippen molar-refractivity contribution in [3.8, 4) is 0 Å². The summed E-state index contributed by atoms with van der Waals surface area (Å²) in [6.45, 7) is 9.70. The minimum Gasteiger partial charge on any atom is -0.324 e. The van der Waals surface area contributed by atoms with Gasteiger partial charge in [-0.25, -0.2) is 0 Å². The van der Waals surface area contributed by atoms with Gasteiger partial charge in [0.15, 0.2) is 0 Å². The Morgan fingerprint density at radius 1 is 1.42 bits per heavy atom. The summed E-state index contributed by atoms with van der Waals surface area (Å²) in [6, 6.07) is 0.638. The maximum atomic E-state index is 6.07. The van der Waals surface area contributed by atoms with Crippen LogP contribution < -0.4 is 5.73 Å². The molecule has 0 aliphatic rings. The molecule has 0 aromatic rings. The van der Waals surface area contributed by atoms with Gasteiger partial charge in [0.05, 0.1) is 0 Å². The largest absolute Gasteiger partial charge is 0.324 e. The van der Waals surface area contributed by atoms with E-state index in [1.807, 2.05) is 0 Å². The van der Waals surface area contributed by atoms with Crippen LogP contribution in [0.3, 0.4) is 0 Å². The summed E-state index contributed by atoms with van der Waals surface area (Å²) in [6.07, 6.45) is 2.23. The molecule has 0 aromatic carbocycles. The lowest BCUT2D eigenvalue weighted by molar-refractivity contribution is 0.198. The van der Waals surface area contributed by atoms with E-state index in [9.17, 15) is 0 Å². The van der Waals surface area contributed by atoms with Crippen molar-refractivity contribution in [3.63, 3.8) is 0 Å². The van der Waals surface area contributed by atoms with E-state index in [-0.39, 0.29) is 5.54 Å². The van der Waals surface area contributed by atoms with Gasteiger partial charge in [0, 0.05) is 18.1 Å². The lowest BCUT2D eigenvalue weighted by Crippen LogP contribution is -2.48. The summed E-state index contributed by atoms with van der Waals surface area (Å²) in [4.78, 5) is 2.34. The topological polar surface area (TPSA) is 29.3 Å². The fourth-order valence-corrected chi connectivity index (χ4v) is 1.15. The zero-order chi connectivity index (χ0) is 9.78. The van der Waals surface area contributed by atoms with E-state index in [0.29, 0.717) is 6.04 Å². The maximum absolute atomic E-state index is 6.07. The third kappa shape index (κ3) is 4.07. The molecule has 2 unspecified atom stereocenters. The van der Waals surface area contributed by atoms with Crippen LogP contribution in [0.5, 0.6) is 0 Å². The molecule has 0 bridgehead atoms. The van der Waals surface area contributed by atoms with E-state index in [1.54, 1.807) is 0 Å². The SMILES string of the molecule is CCC(C)N(C)CC(C)(N)CC. The molecule has 0 aromatic heterocycles. The quantitative estimate of drug-likeness (QED) is 0.685. The Hall–Kier alpha value is -0.0800. The second-order valence-electron chi connectivity index (χ2n) is 4.18. The van der Waals surface area contributed by atoms with Crippen molar-refractivity contribution in [2.75, 3.05) is 13.6 Å². The van der Waals surface area contributed by atoms with E-state index in [2.05, 4.69) is 39.6 Å². The highest BCUT2D eigenvalue weighted by Gasteiger charge is 2.19. The average Bonchev–Trinajstić information content (AvgIpc) is 2.02. The summed E-state index contributed by atoms with van der Waals surface area (Å²) in [5.41, 5.74) is 6.04. The molecule has 0 radical (unpaired) electrons. The van der Waals surface area contributed by atoms with Gasteiger partial charge in [0.1, 0.15) is 0 Å². The van der Waals surface area contributed by atoms with Crippen molar-refractivity contribution in [1.82, 2.24) is 4.90 Å². The van der Waals surface area contributed by atoms with Crippen molar-refractivity contribution in [1.29, 1.82) is 0 Å². The van der Waals surface area contributed by atoms with Gasteiger partial charge in [-0.3, -0.25) is 0 Å². The number of nitrogens with two attached hydrogens (primary N) is 1. The number of hydrogen-bond acceptors (Lipinski definition) is 2. The molecular weight excluding hydrogens is 148 g/mol. The summed E-state index contributed by atoms with van der Waals surface area (Å²) in [5, 5.41) is 0. The number of rotatable bonds is 5. The van der Waals surface area contributed by atoms with Gasteiger partial charge in [-0.15, -0.1) is 0 Å². The third-order valence-electron chi connectivity index (χ3n) is 2.76. The predicted molar refractivity (Wildman–Crippen MR) is 55.3 cm³/mol. The van der Waals surface area contributed by atoms with Crippen LogP contribution in [0.2, 0.25) is 0 Å². The standard InChI is InChI=1S/C10H24N2/c1-6-9(3)12(5)8-10(4,11)7-2/h9H,6-8,11H2,1-5H3. The smallest absolute Gasteiger partial charge is 0.0252 e. The van der Waals surface area contributed by atoms with E-state index in [0.717, 1.165) is 13.0 Å². The molecule has 0 amide bonds. The molecule has 2 N–H and O–H groups in total. The molecule has 0 rings (SSSR count). The monoisotopic (exact) mass is 172 g/mol. The van der Waals surface area contributed by atoms with Crippen LogP contribution >= 0.6 is 0 Å². The van der Waals surface area contributed by atoms with Gasteiger partial charge >= 0.3 is 0 Å². The molecule has 2 heteroatoms. The summed E-state index contributed by atoms with van der Waals surface area (Å²) in [7, 11) is 2.15. The minimum absolute atomic E-state index is 0.0296. The Labute approximate surface area is 77.1 Å². The van der Waals surface area contributed by atoms with Crippen LogP contribution in [0, 0.1) is 0 Å². The molecule has 0 fully saturated rings. The summed E-state index contributed by atoms with van der Waals surface area (Å²) in [5.74, 6) is 0. The van der Waals surface area contributed by atoms with Crippen LogP contribution in [-0.2, 0) is 0 Å². The van der Waals surface area contributed by atoms with Gasteiger partial charge in [-0.2, -0.15) is 0 Å². The molecule has 12 heavy (non-hydrogen) atoms. The van der Waals surface area contributed by atoms with E-state index < -0.39 is 0 Å². The lowest BCUT2D eigenvalue weighted by Gasteiger charge is -2.32. The summed E-state index contributed by atoms with van der Waals surface area (Å²) < 4.78 is 0. The average molecular weight is 172 g/mol. The molecular formula is C10H24N2. The van der Waals surface area contributed by atoms with Gasteiger partial charge in [0.25, 0.3) is 0 Å². The van der Waals surface area contributed by atoms with E-state index >= 15 is 0 Å². The third-order valence-corrected chi connectivity index (χ3v) is 2.76. The van der Waals surface area contributed by atoms with Gasteiger partial charge in [-0.1, -0.05) is 13.8 Å². The zero-order valence-electron chi connectivity index (χ0n) is 9.22. The Balaban J connectivity index is 3.90. The van der Waals surface area contributed by atoms with Crippen LogP contribution in [0.15, 0.2) is 0 Å². The first kappa shape index (κ1) is 11.9. The molecule has 2 nitrogen and oxygen atoms in total. The molecule has 0 saturated carbocycles. The van der Waals surface area contributed by atoms with Crippen LogP contribution in [0.1, 0.15) is 40.5 Å². The van der Waals surface area contributed by atoms with Crippen LogP contribution in [-0.4, -0.2) is 30.1 Å². The van der Waals surface area contributed by atoms with Gasteiger partial charge in [-0.05, 0) is 33.7 Å². The molecule has 0 aliphatic heterocycles. The van der Waals surface area contributed by atoms with Crippen molar-refractivity contribution in [2.24, 2.45) is 5.73 Å². The highest BCUT2D eigenvalue weighted by atomic mass is 15.1. The van der Waals surface area contributed by atoms with Gasteiger partial charge in [0.2, 0.25) is 0 Å². The van der Waals surface area contributed by atoms with Crippen LogP contribution in [0.4, 0.5) is 0 Å². The Morgan fingerprint density at radius 2 is 1.92 bits per heavy atom. The molecule has 0 heterocycles. The molecule has 0 aliphatic carbocycles. The van der Waals surface area contributed by atoms with E-state index in [1.165, 1.54) is 6.42 Å². The second kappa shape index (κ2) is 4.83. The normalized spacial score (nSPS) is 19.2. The second-order valence-corrected chi connectivity index (χ2v) is 4.18. The number of likely N-dealkylation sites (N-methyl/N-ethyl adjacent to an activating group) is 1. The fraction of sp³-hybridized carbons (Fsp3) is 1.00. The Bertz CT molecular complexity index is 121. The van der Waals surface area contributed by atoms with Crippen molar-refractivity contribution < 1.29 is 0 Å². The molecule has 2 atom stereocenters. The predicted octanol–water partition coefficient (Wildman–Crippen LogP) is 1.84. The highest BCUT2D eigenvalue weighted by molar-refractivity contribution is 4.81. The van der Waals surface area contributed by atoms with Gasteiger partial charge < -0.3 is 10.6 Å². The maximum Gasteiger partial charge on any atom is 0.0252 e. The minimum atomic E-state index is -0.0296. The number of hydrogen-bond donors (Lipinski definition) is 1. The van der Waals surface area contributed by atoms with Crippen molar-refractivity contribution >= 4 is 0 Å². The lowest BCUT2D eigenvalue weighted by atomic mass is 9.99. The number of nitrogens with zero attached hydrogens (tertiary/aromatic N) is 1. The Morgan fingerprint density at radius 3 is 2.25 bits per heavy atom.